The number of carbonyl (C=O) groups is 2. The Balaban J connectivity index is 1.93. The number of hydrogen-bond acceptors (Lipinski definition) is 6. The van der Waals surface area contributed by atoms with Gasteiger partial charge in [0.05, 0.1) is 5.52 Å². The fraction of sp³-hybridized carbons (Fsp3) is 0.0526. The SMILES string of the molecule is O=C(O)CNC(=O)c1c(O)cc(-c2csc3ccccc23)c2nccnc12. The number of nitrogens with zero attached hydrogens (tertiary/aromatic N) is 2. The van der Waals surface area contributed by atoms with Crippen LogP contribution in [0.3, 0.4) is 0 Å². The van der Waals surface area contributed by atoms with Crippen molar-refractivity contribution in [2.24, 2.45) is 0 Å². The van der Waals surface area contributed by atoms with E-state index in [0.29, 0.717) is 11.1 Å². The number of fused-ring (bicyclic) bond motifs is 2. The Morgan fingerprint density at radius 1 is 1.07 bits per heavy atom. The van der Waals surface area contributed by atoms with E-state index in [-0.39, 0.29) is 16.8 Å². The van der Waals surface area contributed by atoms with Crippen molar-refractivity contribution in [1.82, 2.24) is 15.3 Å². The molecule has 0 unspecified atom stereocenters. The summed E-state index contributed by atoms with van der Waals surface area (Å²) >= 11 is 1.57. The predicted molar refractivity (Wildman–Crippen MR) is 102 cm³/mol. The van der Waals surface area contributed by atoms with Gasteiger partial charge in [-0.15, -0.1) is 11.3 Å². The molecule has 7 nitrogen and oxygen atoms in total. The number of nitrogens with one attached hydrogen (secondary N) is 1. The van der Waals surface area contributed by atoms with Crippen LogP contribution in [0, 0.1) is 0 Å². The average molecular weight is 379 g/mol. The lowest BCUT2D eigenvalue weighted by Crippen LogP contribution is -2.29. The van der Waals surface area contributed by atoms with Crippen LogP contribution in [0.4, 0.5) is 0 Å². The second-order valence-corrected chi connectivity index (χ2v) is 6.70. The van der Waals surface area contributed by atoms with E-state index >= 15 is 0 Å². The zero-order valence-corrected chi connectivity index (χ0v) is 14.7. The average Bonchev–Trinajstić information content (AvgIpc) is 3.09. The normalized spacial score (nSPS) is 11.0. The second-order valence-electron chi connectivity index (χ2n) is 5.79. The molecule has 1 amide bonds. The Morgan fingerprint density at radius 2 is 1.81 bits per heavy atom. The lowest BCUT2D eigenvalue weighted by Gasteiger charge is -2.11. The number of aromatic nitrogens is 2. The van der Waals surface area contributed by atoms with Gasteiger partial charge in [-0.1, -0.05) is 18.2 Å². The molecule has 0 fully saturated rings. The second kappa shape index (κ2) is 6.65. The highest BCUT2D eigenvalue weighted by Crippen LogP contribution is 2.40. The van der Waals surface area contributed by atoms with Gasteiger partial charge >= 0.3 is 5.97 Å². The maximum Gasteiger partial charge on any atom is 0.322 e. The molecular weight excluding hydrogens is 366 g/mol. The predicted octanol–water partition coefficient (Wildman–Crippen LogP) is 3.03. The van der Waals surface area contributed by atoms with Crippen LogP contribution in [0.2, 0.25) is 0 Å². The molecule has 134 valence electrons. The van der Waals surface area contributed by atoms with E-state index in [0.717, 1.165) is 15.6 Å². The number of hydrogen-bond donors (Lipinski definition) is 3. The van der Waals surface area contributed by atoms with Crippen molar-refractivity contribution in [3.8, 4) is 16.9 Å². The minimum atomic E-state index is -1.18. The number of rotatable bonds is 4. The molecule has 0 spiro atoms. The highest BCUT2D eigenvalue weighted by atomic mass is 32.1. The smallest absolute Gasteiger partial charge is 0.322 e. The van der Waals surface area contributed by atoms with Gasteiger partial charge in [0.25, 0.3) is 5.91 Å². The first-order valence-corrected chi connectivity index (χ1v) is 8.87. The summed E-state index contributed by atoms with van der Waals surface area (Å²) in [5.41, 5.74) is 2.12. The van der Waals surface area contributed by atoms with E-state index < -0.39 is 18.4 Å². The summed E-state index contributed by atoms with van der Waals surface area (Å²) in [6, 6.07) is 9.34. The standard InChI is InChI=1S/C19H13N3O4S/c23-13-7-11(12-9-27-14-4-2-1-3-10(12)14)17-18(21-6-5-20-17)16(13)19(26)22-8-15(24)25/h1-7,9,23H,8H2,(H,22,26)(H,24,25). The van der Waals surface area contributed by atoms with E-state index in [1.807, 2.05) is 29.6 Å². The molecule has 0 aliphatic carbocycles. The molecule has 4 aromatic rings. The molecule has 0 bridgehead atoms. The number of carbonyl (C=O) groups excluding carboxylic acids is 1. The molecule has 8 heteroatoms. The van der Waals surface area contributed by atoms with Crippen molar-refractivity contribution in [3.63, 3.8) is 0 Å². The summed E-state index contributed by atoms with van der Waals surface area (Å²) in [5, 5.41) is 24.5. The molecule has 0 radical (unpaired) electrons. The number of aromatic hydroxyl groups is 1. The number of phenolic OH excluding ortho intramolecular Hbond substituents is 1. The third kappa shape index (κ3) is 2.96. The molecule has 0 atom stereocenters. The van der Waals surface area contributed by atoms with Crippen molar-refractivity contribution < 1.29 is 19.8 Å². The monoisotopic (exact) mass is 379 g/mol. The van der Waals surface area contributed by atoms with Crippen molar-refractivity contribution in [3.05, 3.63) is 53.7 Å². The lowest BCUT2D eigenvalue weighted by atomic mass is 9.99. The van der Waals surface area contributed by atoms with Crippen molar-refractivity contribution in [2.75, 3.05) is 6.54 Å². The van der Waals surface area contributed by atoms with Crippen LogP contribution in [0.25, 0.3) is 32.2 Å². The molecule has 2 aromatic heterocycles. The van der Waals surface area contributed by atoms with Crippen molar-refractivity contribution >= 4 is 44.3 Å². The first-order chi connectivity index (χ1) is 13.1. The van der Waals surface area contributed by atoms with Gasteiger partial charge in [-0.25, -0.2) is 0 Å². The summed E-state index contributed by atoms with van der Waals surface area (Å²) in [4.78, 5) is 31.7. The van der Waals surface area contributed by atoms with Gasteiger partial charge < -0.3 is 15.5 Å². The van der Waals surface area contributed by atoms with E-state index in [9.17, 15) is 14.7 Å². The highest BCUT2D eigenvalue weighted by molar-refractivity contribution is 7.17. The summed E-state index contributed by atoms with van der Waals surface area (Å²) in [5.74, 6) is -2.18. The fourth-order valence-electron chi connectivity index (χ4n) is 2.98. The van der Waals surface area contributed by atoms with Gasteiger partial charge in [0.1, 0.15) is 23.4 Å². The number of carboxylic acid groups (broad SMARTS) is 1. The molecule has 2 aromatic carbocycles. The van der Waals surface area contributed by atoms with Crippen LogP contribution < -0.4 is 5.32 Å². The van der Waals surface area contributed by atoms with E-state index in [1.165, 1.54) is 18.5 Å². The largest absolute Gasteiger partial charge is 0.507 e. The Bertz CT molecular complexity index is 1200. The molecular formula is C19H13N3O4S. The number of phenols is 1. The number of thiophene rings is 1. The Morgan fingerprint density at radius 3 is 2.59 bits per heavy atom. The Kier molecular flexibility index (Phi) is 4.17. The quantitative estimate of drug-likeness (QED) is 0.502. The molecule has 4 rings (SSSR count). The topological polar surface area (TPSA) is 112 Å². The summed E-state index contributed by atoms with van der Waals surface area (Å²) in [6.07, 6.45) is 2.93. The van der Waals surface area contributed by atoms with Gasteiger partial charge in [-0.2, -0.15) is 0 Å². The molecule has 2 heterocycles. The van der Waals surface area contributed by atoms with Crippen LogP contribution in [-0.4, -0.2) is 38.6 Å². The summed E-state index contributed by atoms with van der Waals surface area (Å²) < 4.78 is 1.09. The third-order valence-electron chi connectivity index (χ3n) is 4.13. The van der Waals surface area contributed by atoms with Crippen molar-refractivity contribution in [2.45, 2.75) is 0 Å². The minimum Gasteiger partial charge on any atom is -0.507 e. The van der Waals surface area contributed by atoms with Crippen LogP contribution >= 0.6 is 11.3 Å². The number of amides is 1. The van der Waals surface area contributed by atoms with E-state index in [4.69, 9.17) is 5.11 Å². The first-order valence-electron chi connectivity index (χ1n) is 7.99. The number of carboxylic acids is 1. The lowest BCUT2D eigenvalue weighted by molar-refractivity contribution is -0.135. The van der Waals surface area contributed by atoms with Crippen LogP contribution in [0.1, 0.15) is 10.4 Å². The summed E-state index contributed by atoms with van der Waals surface area (Å²) in [6.45, 7) is -0.559. The van der Waals surface area contributed by atoms with Gasteiger partial charge in [0.15, 0.2) is 0 Å². The number of aliphatic carboxylic acids is 1. The Labute approximate surface area is 156 Å². The molecule has 0 saturated carbocycles. The molecule has 0 aliphatic heterocycles. The van der Waals surface area contributed by atoms with Gasteiger partial charge in [-0.3, -0.25) is 19.6 Å². The maximum absolute atomic E-state index is 12.4. The van der Waals surface area contributed by atoms with Crippen LogP contribution in [-0.2, 0) is 4.79 Å². The molecule has 3 N–H and O–H groups in total. The van der Waals surface area contributed by atoms with Crippen LogP contribution in [0.15, 0.2) is 48.1 Å². The third-order valence-corrected chi connectivity index (χ3v) is 5.09. The first kappa shape index (κ1) is 16.9. The van der Waals surface area contributed by atoms with Gasteiger partial charge in [0, 0.05) is 33.6 Å². The number of benzene rings is 2. The van der Waals surface area contributed by atoms with Crippen molar-refractivity contribution in [1.29, 1.82) is 0 Å². The molecule has 0 aliphatic rings. The fourth-order valence-corrected chi connectivity index (χ4v) is 3.94. The van der Waals surface area contributed by atoms with E-state index in [1.54, 1.807) is 11.3 Å². The zero-order chi connectivity index (χ0) is 19.0. The Hall–Kier alpha value is -3.52. The minimum absolute atomic E-state index is 0.0948. The zero-order valence-electron chi connectivity index (χ0n) is 13.8. The van der Waals surface area contributed by atoms with Gasteiger partial charge in [-0.05, 0) is 17.5 Å². The molecule has 0 saturated heterocycles. The van der Waals surface area contributed by atoms with E-state index in [2.05, 4.69) is 15.3 Å². The summed E-state index contributed by atoms with van der Waals surface area (Å²) in [7, 11) is 0. The van der Waals surface area contributed by atoms with Gasteiger partial charge in [0.2, 0.25) is 0 Å². The van der Waals surface area contributed by atoms with Crippen LogP contribution in [0.5, 0.6) is 5.75 Å². The highest BCUT2D eigenvalue weighted by Gasteiger charge is 2.22. The molecule has 27 heavy (non-hydrogen) atoms. The maximum atomic E-state index is 12.4.